The summed E-state index contributed by atoms with van der Waals surface area (Å²) in [4.78, 5) is 5.97. The molecule has 2 N–H and O–H groups in total. The van der Waals surface area contributed by atoms with E-state index in [0.29, 0.717) is 17.2 Å². The number of pyridine rings is 1. The number of rotatable bonds is 2. The Balaban J connectivity index is 2.47. The number of nitrogens with zero attached hydrogens (tertiary/aromatic N) is 2. The van der Waals surface area contributed by atoms with E-state index < -0.39 is 0 Å². The molecule has 3 nitrogen and oxygen atoms in total. The van der Waals surface area contributed by atoms with Crippen LogP contribution in [0.25, 0.3) is 0 Å². The quantitative estimate of drug-likeness (QED) is 0.864. The van der Waals surface area contributed by atoms with Crippen LogP contribution in [-0.2, 0) is 0 Å². The lowest BCUT2D eigenvalue weighted by Gasteiger charge is -2.20. The molecule has 0 bridgehead atoms. The Hall–Kier alpha value is -2.10. The van der Waals surface area contributed by atoms with Gasteiger partial charge in [-0.15, -0.1) is 0 Å². The molecule has 17 heavy (non-hydrogen) atoms. The minimum Gasteiger partial charge on any atom is -0.396 e. The van der Waals surface area contributed by atoms with Crippen molar-refractivity contribution in [3.05, 3.63) is 47.9 Å². The number of nitrogens with two attached hydrogens (primary N) is 1. The second kappa shape index (κ2) is 4.41. The summed E-state index contributed by atoms with van der Waals surface area (Å²) in [5.41, 5.74) is 7.68. The third-order valence-corrected chi connectivity index (χ3v) is 2.58. The summed E-state index contributed by atoms with van der Waals surface area (Å²) in [6.07, 6.45) is 0. The first-order valence-corrected chi connectivity index (χ1v) is 5.31. The largest absolute Gasteiger partial charge is 0.396 e. The number of anilines is 3. The Morgan fingerprint density at radius 1 is 1.18 bits per heavy atom. The van der Waals surface area contributed by atoms with Crippen LogP contribution in [0.3, 0.4) is 0 Å². The lowest BCUT2D eigenvalue weighted by Crippen LogP contribution is -2.15. The summed E-state index contributed by atoms with van der Waals surface area (Å²) in [5, 5.41) is 0. The highest BCUT2D eigenvalue weighted by Crippen LogP contribution is 2.28. The number of benzene rings is 1. The molecule has 1 aromatic carbocycles. The molecule has 0 radical (unpaired) electrons. The van der Waals surface area contributed by atoms with Gasteiger partial charge in [-0.05, 0) is 31.2 Å². The fourth-order valence-electron chi connectivity index (χ4n) is 1.66. The normalized spacial score (nSPS) is 10.3. The topological polar surface area (TPSA) is 42.1 Å². The number of nitrogen functional groups attached to an aromatic ring is 1. The van der Waals surface area contributed by atoms with Crippen molar-refractivity contribution in [3.63, 3.8) is 0 Å². The van der Waals surface area contributed by atoms with Crippen LogP contribution in [0.1, 0.15) is 5.69 Å². The molecular weight excluding hydrogens is 217 g/mol. The van der Waals surface area contributed by atoms with Crippen molar-refractivity contribution in [1.29, 1.82) is 0 Å². The number of aryl methyl sites for hydroxylation is 1. The zero-order chi connectivity index (χ0) is 12.4. The average molecular weight is 231 g/mol. The van der Waals surface area contributed by atoms with Crippen LogP contribution < -0.4 is 10.6 Å². The lowest BCUT2D eigenvalue weighted by molar-refractivity contribution is 0.627. The molecular formula is C13H14FN3. The summed E-state index contributed by atoms with van der Waals surface area (Å²) >= 11 is 0. The molecule has 1 heterocycles. The van der Waals surface area contributed by atoms with Gasteiger partial charge in [0.05, 0.1) is 11.4 Å². The molecule has 1 aromatic heterocycles. The third-order valence-electron chi connectivity index (χ3n) is 2.58. The lowest BCUT2D eigenvalue weighted by atomic mass is 10.2. The highest BCUT2D eigenvalue weighted by atomic mass is 19.1. The first kappa shape index (κ1) is 11.4. The van der Waals surface area contributed by atoms with Crippen LogP contribution in [0.15, 0.2) is 36.4 Å². The van der Waals surface area contributed by atoms with E-state index in [-0.39, 0.29) is 5.82 Å². The maximum absolute atomic E-state index is 13.6. The number of hydrogen-bond acceptors (Lipinski definition) is 3. The minimum absolute atomic E-state index is 0.294. The second-order valence-electron chi connectivity index (χ2n) is 3.88. The second-order valence-corrected chi connectivity index (χ2v) is 3.88. The summed E-state index contributed by atoms with van der Waals surface area (Å²) in [5.74, 6) is 0.271. The molecule has 2 rings (SSSR count). The highest BCUT2D eigenvalue weighted by Gasteiger charge is 2.12. The van der Waals surface area contributed by atoms with Gasteiger partial charge < -0.3 is 10.6 Å². The maximum Gasteiger partial charge on any atom is 0.156 e. The predicted molar refractivity (Wildman–Crippen MR) is 67.8 cm³/mol. The molecule has 0 saturated carbocycles. The molecule has 0 fully saturated rings. The molecule has 0 spiro atoms. The molecule has 0 atom stereocenters. The maximum atomic E-state index is 13.6. The van der Waals surface area contributed by atoms with Crippen LogP contribution >= 0.6 is 0 Å². The van der Waals surface area contributed by atoms with Gasteiger partial charge in [-0.2, -0.15) is 0 Å². The summed E-state index contributed by atoms with van der Waals surface area (Å²) in [6, 6.07) is 10.1. The molecule has 0 aliphatic heterocycles. The number of para-hydroxylation sites is 1. The molecule has 0 aliphatic carbocycles. The molecule has 0 amide bonds. The Morgan fingerprint density at radius 3 is 2.59 bits per heavy atom. The van der Waals surface area contributed by atoms with E-state index in [1.54, 1.807) is 36.2 Å². The summed E-state index contributed by atoms with van der Waals surface area (Å²) in [6.45, 7) is 1.87. The SMILES string of the molecule is Cc1ccc(N)c(N(C)c2ccccc2F)n1. The first-order valence-electron chi connectivity index (χ1n) is 5.31. The van der Waals surface area contributed by atoms with Crippen molar-refractivity contribution < 1.29 is 4.39 Å². The zero-order valence-electron chi connectivity index (χ0n) is 9.81. The fraction of sp³-hybridized carbons (Fsp3) is 0.154. The molecule has 0 aliphatic rings. The number of hydrogen-bond donors (Lipinski definition) is 1. The van der Waals surface area contributed by atoms with Crippen LogP contribution in [-0.4, -0.2) is 12.0 Å². The standard InChI is InChI=1S/C13H14FN3/c1-9-7-8-11(15)13(16-9)17(2)12-6-4-3-5-10(12)14/h3-8H,15H2,1-2H3. The first-order chi connectivity index (χ1) is 8.09. The molecule has 4 heteroatoms. The Labute approximate surface area is 99.7 Å². The van der Waals surface area contributed by atoms with Gasteiger partial charge in [-0.25, -0.2) is 9.37 Å². The van der Waals surface area contributed by atoms with Gasteiger partial charge >= 0.3 is 0 Å². The van der Waals surface area contributed by atoms with Crippen molar-refractivity contribution in [2.75, 3.05) is 17.7 Å². The van der Waals surface area contributed by atoms with Gasteiger partial charge in [-0.1, -0.05) is 12.1 Å². The van der Waals surface area contributed by atoms with Crippen LogP contribution in [0, 0.1) is 12.7 Å². The van der Waals surface area contributed by atoms with Crippen molar-refractivity contribution in [2.45, 2.75) is 6.92 Å². The predicted octanol–water partition coefficient (Wildman–Crippen LogP) is 2.88. The fourth-order valence-corrected chi connectivity index (χ4v) is 1.66. The monoisotopic (exact) mass is 231 g/mol. The van der Waals surface area contributed by atoms with Crippen LogP contribution in [0.4, 0.5) is 21.6 Å². The van der Waals surface area contributed by atoms with Crippen molar-refractivity contribution >= 4 is 17.2 Å². The van der Waals surface area contributed by atoms with E-state index >= 15 is 0 Å². The van der Waals surface area contributed by atoms with Gasteiger partial charge in [0.15, 0.2) is 5.82 Å². The molecule has 2 aromatic rings. The van der Waals surface area contributed by atoms with Crippen LogP contribution in [0.5, 0.6) is 0 Å². The van der Waals surface area contributed by atoms with E-state index in [1.807, 2.05) is 13.0 Å². The number of halogens is 1. The van der Waals surface area contributed by atoms with Crippen LogP contribution in [0.2, 0.25) is 0 Å². The van der Waals surface area contributed by atoms with E-state index in [4.69, 9.17) is 5.73 Å². The van der Waals surface area contributed by atoms with Gasteiger partial charge in [0, 0.05) is 12.7 Å². The van der Waals surface area contributed by atoms with Gasteiger partial charge in [0.1, 0.15) is 5.82 Å². The highest BCUT2D eigenvalue weighted by molar-refractivity contribution is 5.70. The van der Waals surface area contributed by atoms with Gasteiger partial charge in [0.2, 0.25) is 0 Å². The summed E-state index contributed by atoms with van der Waals surface area (Å²) < 4.78 is 13.6. The molecule has 88 valence electrons. The Bertz CT molecular complexity index is 540. The van der Waals surface area contributed by atoms with Crippen molar-refractivity contribution in [2.24, 2.45) is 0 Å². The molecule has 0 saturated heterocycles. The summed E-state index contributed by atoms with van der Waals surface area (Å²) in [7, 11) is 1.75. The van der Waals surface area contributed by atoms with E-state index in [0.717, 1.165) is 5.69 Å². The minimum atomic E-state index is -0.294. The van der Waals surface area contributed by atoms with E-state index in [9.17, 15) is 4.39 Å². The van der Waals surface area contributed by atoms with Gasteiger partial charge in [0.25, 0.3) is 0 Å². The average Bonchev–Trinajstić information content (AvgIpc) is 2.32. The number of aromatic nitrogens is 1. The van der Waals surface area contributed by atoms with E-state index in [2.05, 4.69) is 4.98 Å². The third kappa shape index (κ3) is 2.20. The molecule has 0 unspecified atom stereocenters. The smallest absolute Gasteiger partial charge is 0.156 e. The Kier molecular flexibility index (Phi) is 2.95. The van der Waals surface area contributed by atoms with Gasteiger partial charge in [-0.3, -0.25) is 0 Å². The van der Waals surface area contributed by atoms with Crippen molar-refractivity contribution in [1.82, 2.24) is 4.98 Å². The Morgan fingerprint density at radius 2 is 1.88 bits per heavy atom. The van der Waals surface area contributed by atoms with E-state index in [1.165, 1.54) is 6.07 Å². The zero-order valence-corrected chi connectivity index (χ0v) is 9.81. The van der Waals surface area contributed by atoms with Crippen molar-refractivity contribution in [3.8, 4) is 0 Å².